The minimum atomic E-state index is -0.101. The zero-order chi connectivity index (χ0) is 16.8. The van der Waals surface area contributed by atoms with E-state index in [-0.39, 0.29) is 17.9 Å². The van der Waals surface area contributed by atoms with Crippen molar-refractivity contribution in [3.8, 4) is 0 Å². The first-order valence-electron chi connectivity index (χ1n) is 8.00. The lowest BCUT2D eigenvalue weighted by Crippen LogP contribution is -2.32. The number of likely N-dealkylation sites (tertiary alicyclic amines) is 1. The van der Waals surface area contributed by atoms with E-state index in [2.05, 4.69) is 15.2 Å². The number of rotatable bonds is 2. The molecule has 2 aromatic heterocycles. The normalized spacial score (nSPS) is 20.9. The first-order valence-corrected chi connectivity index (χ1v) is 8.00. The Kier molecular flexibility index (Phi) is 3.38. The molecule has 3 N–H and O–H groups in total. The molecule has 0 saturated carbocycles. The highest BCUT2D eigenvalue weighted by Gasteiger charge is 2.36. The van der Waals surface area contributed by atoms with E-state index in [4.69, 9.17) is 5.73 Å². The lowest BCUT2D eigenvalue weighted by molar-refractivity contribution is 0.0785. The molecule has 1 aromatic carbocycles. The number of hydrogen-bond acceptors (Lipinski definition) is 4. The van der Waals surface area contributed by atoms with Crippen LogP contribution in [0.1, 0.15) is 27.7 Å². The van der Waals surface area contributed by atoms with Crippen LogP contribution < -0.4 is 5.73 Å². The number of aryl methyl sites for hydroxylation is 2. The molecule has 7 heteroatoms. The molecule has 1 aliphatic rings. The molecule has 7 nitrogen and oxygen atoms in total. The molecule has 124 valence electrons. The first kappa shape index (κ1) is 14.9. The lowest BCUT2D eigenvalue weighted by Gasteiger charge is -2.15. The third-order valence-corrected chi connectivity index (χ3v) is 4.81. The van der Waals surface area contributed by atoms with E-state index in [1.165, 1.54) is 0 Å². The van der Waals surface area contributed by atoms with E-state index in [0.29, 0.717) is 18.8 Å². The number of H-pyrrole nitrogens is 1. The van der Waals surface area contributed by atoms with Crippen molar-refractivity contribution in [1.29, 1.82) is 0 Å². The molecular formula is C17H20N6O. The number of amides is 1. The van der Waals surface area contributed by atoms with Gasteiger partial charge in [0.1, 0.15) is 0 Å². The summed E-state index contributed by atoms with van der Waals surface area (Å²) in [5.41, 5.74) is 9.79. The minimum Gasteiger partial charge on any atom is -0.337 e. The van der Waals surface area contributed by atoms with Gasteiger partial charge in [0.2, 0.25) is 0 Å². The second-order valence-electron chi connectivity index (χ2n) is 6.53. The standard InChI is InChI=1S/C17H20N6O/c1-10-3-4-14-11(5-10)16(21-20-14)17(24)23-7-12(13(18)8-23)15-6-19-9-22(15)2/h3-6,9,12-13H,7-8,18H2,1-2H3,(H,20,21)/t12-,13-/m1/s1. The van der Waals surface area contributed by atoms with Crippen molar-refractivity contribution in [1.82, 2.24) is 24.6 Å². The fourth-order valence-electron chi connectivity index (χ4n) is 3.47. The van der Waals surface area contributed by atoms with Crippen molar-refractivity contribution in [2.75, 3.05) is 13.1 Å². The van der Waals surface area contributed by atoms with Gasteiger partial charge in [0.15, 0.2) is 5.69 Å². The van der Waals surface area contributed by atoms with Gasteiger partial charge in [-0.1, -0.05) is 11.6 Å². The molecule has 2 atom stereocenters. The van der Waals surface area contributed by atoms with E-state index < -0.39 is 0 Å². The van der Waals surface area contributed by atoms with Crippen LogP contribution in [0.5, 0.6) is 0 Å². The van der Waals surface area contributed by atoms with Crippen LogP contribution in [0.2, 0.25) is 0 Å². The van der Waals surface area contributed by atoms with E-state index in [9.17, 15) is 4.79 Å². The molecule has 1 aliphatic heterocycles. The number of imidazole rings is 1. The fourth-order valence-corrected chi connectivity index (χ4v) is 3.47. The second kappa shape index (κ2) is 5.45. The molecule has 0 spiro atoms. The van der Waals surface area contributed by atoms with Gasteiger partial charge >= 0.3 is 0 Å². The topological polar surface area (TPSA) is 92.8 Å². The van der Waals surface area contributed by atoms with Gasteiger partial charge in [0, 0.05) is 49.4 Å². The van der Waals surface area contributed by atoms with Gasteiger partial charge < -0.3 is 15.2 Å². The summed E-state index contributed by atoms with van der Waals surface area (Å²) in [5.74, 6) is 0.0142. The monoisotopic (exact) mass is 324 g/mol. The largest absolute Gasteiger partial charge is 0.337 e. The summed E-state index contributed by atoms with van der Waals surface area (Å²) in [4.78, 5) is 18.9. The maximum atomic E-state index is 12.9. The molecule has 3 heterocycles. The second-order valence-corrected chi connectivity index (χ2v) is 6.53. The molecule has 1 saturated heterocycles. The number of benzene rings is 1. The van der Waals surface area contributed by atoms with E-state index in [1.807, 2.05) is 42.9 Å². The fraction of sp³-hybridized carbons (Fsp3) is 0.353. The van der Waals surface area contributed by atoms with Gasteiger partial charge in [-0.15, -0.1) is 0 Å². The van der Waals surface area contributed by atoms with Crippen LogP contribution in [0.15, 0.2) is 30.7 Å². The quantitative estimate of drug-likeness (QED) is 0.740. The zero-order valence-corrected chi connectivity index (χ0v) is 13.7. The first-order chi connectivity index (χ1) is 11.5. The van der Waals surface area contributed by atoms with E-state index >= 15 is 0 Å². The third kappa shape index (κ3) is 2.28. The van der Waals surface area contributed by atoms with Gasteiger partial charge in [0.05, 0.1) is 11.8 Å². The summed E-state index contributed by atoms with van der Waals surface area (Å²) in [6.45, 7) is 3.11. The third-order valence-electron chi connectivity index (χ3n) is 4.81. The Morgan fingerprint density at radius 3 is 2.96 bits per heavy atom. The molecule has 0 aliphatic carbocycles. The van der Waals surface area contributed by atoms with Crippen LogP contribution in [0.25, 0.3) is 10.9 Å². The molecule has 24 heavy (non-hydrogen) atoms. The maximum Gasteiger partial charge on any atom is 0.275 e. The van der Waals surface area contributed by atoms with Crippen LogP contribution in [-0.4, -0.2) is 49.7 Å². The molecule has 1 fully saturated rings. The van der Waals surface area contributed by atoms with Crippen molar-refractivity contribution in [3.05, 3.63) is 47.7 Å². The van der Waals surface area contributed by atoms with Crippen LogP contribution in [0, 0.1) is 6.92 Å². The number of carbonyl (C=O) groups is 1. The smallest absolute Gasteiger partial charge is 0.275 e. The summed E-state index contributed by atoms with van der Waals surface area (Å²) >= 11 is 0. The number of nitrogens with two attached hydrogens (primary N) is 1. The Labute approximate surface area is 139 Å². The number of fused-ring (bicyclic) bond motifs is 1. The lowest BCUT2D eigenvalue weighted by atomic mass is 10.0. The highest BCUT2D eigenvalue weighted by atomic mass is 16.2. The van der Waals surface area contributed by atoms with Gasteiger partial charge in [-0.05, 0) is 19.1 Å². The number of hydrogen-bond donors (Lipinski definition) is 2. The Hall–Kier alpha value is -2.67. The minimum absolute atomic E-state index is 0.0769. The van der Waals surface area contributed by atoms with Gasteiger partial charge in [-0.2, -0.15) is 5.10 Å². The summed E-state index contributed by atoms with van der Waals surface area (Å²) in [5, 5.41) is 8.03. The predicted molar refractivity (Wildman–Crippen MR) is 90.7 cm³/mol. The predicted octanol–water partition coefficient (Wildman–Crippen LogP) is 1.17. The Balaban J connectivity index is 1.63. The molecule has 4 rings (SSSR count). The van der Waals surface area contributed by atoms with Crippen LogP contribution >= 0.6 is 0 Å². The number of carbonyl (C=O) groups excluding carboxylic acids is 1. The molecular weight excluding hydrogens is 304 g/mol. The van der Waals surface area contributed by atoms with Crippen molar-refractivity contribution in [2.24, 2.45) is 12.8 Å². The Morgan fingerprint density at radius 2 is 2.21 bits per heavy atom. The molecule has 0 unspecified atom stereocenters. The van der Waals surface area contributed by atoms with Gasteiger partial charge in [-0.3, -0.25) is 9.89 Å². The number of nitrogens with zero attached hydrogens (tertiary/aromatic N) is 4. The van der Waals surface area contributed by atoms with Crippen LogP contribution in [-0.2, 0) is 7.05 Å². The number of nitrogens with one attached hydrogen (secondary N) is 1. The van der Waals surface area contributed by atoms with Crippen molar-refractivity contribution in [3.63, 3.8) is 0 Å². The van der Waals surface area contributed by atoms with Crippen molar-refractivity contribution in [2.45, 2.75) is 18.9 Å². The van der Waals surface area contributed by atoms with Gasteiger partial charge in [-0.25, -0.2) is 4.98 Å². The summed E-state index contributed by atoms with van der Waals surface area (Å²) < 4.78 is 1.96. The molecule has 1 amide bonds. The SMILES string of the molecule is Cc1ccc2[nH]nc(C(=O)N3C[C@@H](N)[C@H](c4cncn4C)C3)c2c1. The van der Waals surface area contributed by atoms with Crippen molar-refractivity contribution >= 4 is 16.8 Å². The summed E-state index contributed by atoms with van der Waals surface area (Å²) in [6, 6.07) is 5.83. The number of aromatic nitrogens is 4. The molecule has 0 radical (unpaired) electrons. The Morgan fingerprint density at radius 1 is 1.38 bits per heavy atom. The highest BCUT2D eigenvalue weighted by Crippen LogP contribution is 2.28. The highest BCUT2D eigenvalue weighted by molar-refractivity contribution is 6.05. The average Bonchev–Trinajstić information content (AvgIpc) is 3.24. The Bertz CT molecular complexity index is 911. The summed E-state index contributed by atoms with van der Waals surface area (Å²) in [6.07, 6.45) is 3.59. The van der Waals surface area contributed by atoms with Crippen molar-refractivity contribution < 1.29 is 4.79 Å². The zero-order valence-electron chi connectivity index (χ0n) is 13.7. The summed E-state index contributed by atoms with van der Waals surface area (Å²) in [7, 11) is 1.95. The van der Waals surface area contributed by atoms with E-state index in [1.54, 1.807) is 11.2 Å². The number of aromatic amines is 1. The molecule has 3 aromatic rings. The van der Waals surface area contributed by atoms with Crippen LogP contribution in [0.4, 0.5) is 0 Å². The van der Waals surface area contributed by atoms with Crippen LogP contribution in [0.3, 0.4) is 0 Å². The van der Waals surface area contributed by atoms with E-state index in [0.717, 1.165) is 22.2 Å². The molecule has 0 bridgehead atoms. The van der Waals surface area contributed by atoms with Gasteiger partial charge in [0.25, 0.3) is 5.91 Å². The average molecular weight is 324 g/mol. The maximum absolute atomic E-state index is 12.9.